The van der Waals surface area contributed by atoms with Crippen molar-refractivity contribution in [2.24, 2.45) is 23.7 Å². The number of fused-ring (bicyclic) bond motifs is 2. The molecule has 0 aliphatic heterocycles. The van der Waals surface area contributed by atoms with Crippen molar-refractivity contribution < 1.29 is 9.90 Å². The SMILES string of the molecule is O=C1/C(=C\O)CC2[C@@H]3C1[C@H]23. The third-order valence-corrected chi connectivity index (χ3v) is 3.21. The van der Waals surface area contributed by atoms with E-state index in [0.717, 1.165) is 30.4 Å². The quantitative estimate of drug-likeness (QED) is 0.396. The first kappa shape index (κ1) is 4.94. The third-order valence-electron chi connectivity index (χ3n) is 3.21. The van der Waals surface area contributed by atoms with Gasteiger partial charge in [0.2, 0.25) is 0 Å². The van der Waals surface area contributed by atoms with Gasteiger partial charge in [-0.3, -0.25) is 4.79 Å². The molecule has 0 radical (unpaired) electrons. The Balaban J connectivity index is 1.97. The number of aliphatic hydroxyl groups excluding tert-OH is 1. The molecule has 4 atom stereocenters. The number of hydrogen-bond acceptors (Lipinski definition) is 2. The van der Waals surface area contributed by atoms with Crippen LogP contribution in [0.15, 0.2) is 11.8 Å². The van der Waals surface area contributed by atoms with Gasteiger partial charge in [0, 0.05) is 11.5 Å². The Morgan fingerprint density at radius 3 is 2.70 bits per heavy atom. The number of aliphatic hydroxyl groups is 1. The van der Waals surface area contributed by atoms with E-state index in [-0.39, 0.29) is 5.78 Å². The maximum absolute atomic E-state index is 11.2. The molecule has 2 nitrogen and oxygen atoms in total. The highest BCUT2D eigenvalue weighted by atomic mass is 16.2. The highest BCUT2D eigenvalue weighted by Gasteiger charge is 2.78. The Kier molecular flexibility index (Phi) is 0.571. The minimum absolute atomic E-state index is 0.222. The topological polar surface area (TPSA) is 37.3 Å². The molecule has 52 valence electrons. The molecule has 4 aliphatic carbocycles. The van der Waals surface area contributed by atoms with Gasteiger partial charge in [-0.2, -0.15) is 0 Å². The minimum atomic E-state index is 0.222. The van der Waals surface area contributed by atoms with E-state index in [4.69, 9.17) is 5.11 Å². The zero-order valence-corrected chi connectivity index (χ0v) is 5.45. The molecule has 0 aromatic heterocycles. The van der Waals surface area contributed by atoms with Crippen molar-refractivity contribution >= 4 is 5.78 Å². The summed E-state index contributed by atoms with van der Waals surface area (Å²) in [6.45, 7) is 0. The van der Waals surface area contributed by atoms with Crippen LogP contribution < -0.4 is 0 Å². The highest BCUT2D eigenvalue weighted by molar-refractivity contribution is 6.02. The summed E-state index contributed by atoms with van der Waals surface area (Å²) in [6, 6.07) is 0. The molecule has 0 spiro atoms. The molecule has 0 aromatic carbocycles. The second-order valence-corrected chi connectivity index (χ2v) is 3.57. The molecule has 0 amide bonds. The molecule has 4 saturated carbocycles. The highest BCUT2D eigenvalue weighted by Crippen LogP contribution is 2.78. The second kappa shape index (κ2) is 1.16. The molecule has 0 aromatic rings. The van der Waals surface area contributed by atoms with Crippen molar-refractivity contribution in [2.75, 3.05) is 0 Å². The summed E-state index contributed by atoms with van der Waals surface area (Å²) in [5.41, 5.74) is 0.667. The summed E-state index contributed by atoms with van der Waals surface area (Å²) in [7, 11) is 0. The number of carbonyl (C=O) groups is 1. The number of rotatable bonds is 0. The van der Waals surface area contributed by atoms with Gasteiger partial charge in [0.05, 0.1) is 6.26 Å². The average Bonchev–Trinajstić information content (AvgIpc) is 2.74. The number of Topliss-reactive ketones (excluding diaryl/α,β-unsaturated/α-hetero) is 1. The van der Waals surface area contributed by atoms with Gasteiger partial charge in [-0.25, -0.2) is 0 Å². The van der Waals surface area contributed by atoms with E-state index in [0.29, 0.717) is 11.5 Å². The first-order valence-corrected chi connectivity index (χ1v) is 3.72. The van der Waals surface area contributed by atoms with E-state index in [9.17, 15) is 4.79 Å². The number of ketones is 1. The van der Waals surface area contributed by atoms with Crippen molar-refractivity contribution in [3.8, 4) is 0 Å². The van der Waals surface area contributed by atoms with Crippen LogP contribution >= 0.6 is 0 Å². The monoisotopic (exact) mass is 136 g/mol. The smallest absolute Gasteiger partial charge is 0.165 e. The van der Waals surface area contributed by atoms with Crippen LogP contribution in [0.3, 0.4) is 0 Å². The van der Waals surface area contributed by atoms with Crippen LogP contribution in [0, 0.1) is 23.7 Å². The number of carbonyl (C=O) groups excluding carboxylic acids is 1. The lowest BCUT2D eigenvalue weighted by molar-refractivity contribution is -0.119. The number of hydrogen-bond donors (Lipinski definition) is 1. The van der Waals surface area contributed by atoms with Gasteiger partial charge in [-0.1, -0.05) is 0 Å². The number of allylic oxidation sites excluding steroid dienone is 1. The molecular formula is C8H8O2. The van der Waals surface area contributed by atoms with E-state index >= 15 is 0 Å². The van der Waals surface area contributed by atoms with Gasteiger partial charge in [-0.15, -0.1) is 0 Å². The lowest BCUT2D eigenvalue weighted by Crippen LogP contribution is -2.22. The van der Waals surface area contributed by atoms with Crippen molar-refractivity contribution in [2.45, 2.75) is 6.42 Å². The zero-order valence-electron chi connectivity index (χ0n) is 5.45. The second-order valence-electron chi connectivity index (χ2n) is 3.57. The average molecular weight is 136 g/mol. The molecule has 4 rings (SSSR count). The van der Waals surface area contributed by atoms with Gasteiger partial charge in [0.1, 0.15) is 0 Å². The Labute approximate surface area is 58.5 Å². The van der Waals surface area contributed by atoms with E-state index in [2.05, 4.69) is 0 Å². The van der Waals surface area contributed by atoms with Gasteiger partial charge in [-0.05, 0) is 24.2 Å². The summed E-state index contributed by atoms with van der Waals surface area (Å²) in [6.07, 6.45) is 1.85. The van der Waals surface area contributed by atoms with Crippen LogP contribution in [0.5, 0.6) is 0 Å². The lowest BCUT2D eigenvalue weighted by Gasteiger charge is -2.19. The Morgan fingerprint density at radius 1 is 1.50 bits per heavy atom. The fourth-order valence-corrected chi connectivity index (χ4v) is 2.48. The molecule has 0 saturated heterocycles. The van der Waals surface area contributed by atoms with Crippen molar-refractivity contribution in [3.05, 3.63) is 11.8 Å². The molecule has 4 aliphatic rings. The van der Waals surface area contributed by atoms with Crippen LogP contribution in [0.1, 0.15) is 6.42 Å². The van der Waals surface area contributed by atoms with Crippen molar-refractivity contribution in [3.63, 3.8) is 0 Å². The summed E-state index contributed by atoms with van der Waals surface area (Å²) in [5, 5.41) is 8.63. The molecular weight excluding hydrogens is 128 g/mol. The molecule has 2 bridgehead atoms. The van der Waals surface area contributed by atoms with Crippen LogP contribution in [-0.2, 0) is 4.79 Å². The molecule has 4 fully saturated rings. The molecule has 1 N–H and O–H groups in total. The van der Waals surface area contributed by atoms with Crippen LogP contribution in [-0.4, -0.2) is 10.9 Å². The molecule has 0 heterocycles. The first-order valence-electron chi connectivity index (χ1n) is 3.72. The van der Waals surface area contributed by atoms with Crippen LogP contribution in [0.2, 0.25) is 0 Å². The van der Waals surface area contributed by atoms with E-state index in [1.807, 2.05) is 0 Å². The Bertz CT molecular complexity index is 244. The maximum atomic E-state index is 11.2. The normalized spacial score (nSPS) is 58.4. The molecule has 10 heavy (non-hydrogen) atoms. The van der Waals surface area contributed by atoms with Gasteiger partial charge in [0.15, 0.2) is 5.78 Å². The summed E-state index contributed by atoms with van der Waals surface area (Å²) < 4.78 is 0. The van der Waals surface area contributed by atoms with E-state index in [1.54, 1.807) is 0 Å². The summed E-state index contributed by atoms with van der Waals surface area (Å²) in [4.78, 5) is 11.2. The van der Waals surface area contributed by atoms with Crippen molar-refractivity contribution in [1.29, 1.82) is 0 Å². The fourth-order valence-electron chi connectivity index (χ4n) is 2.48. The van der Waals surface area contributed by atoms with Gasteiger partial charge < -0.3 is 5.11 Å². The maximum Gasteiger partial charge on any atom is 0.165 e. The van der Waals surface area contributed by atoms with Crippen LogP contribution in [0.25, 0.3) is 0 Å². The molecule has 2 unspecified atom stereocenters. The van der Waals surface area contributed by atoms with E-state index < -0.39 is 0 Å². The third kappa shape index (κ3) is 0.326. The van der Waals surface area contributed by atoms with Gasteiger partial charge >= 0.3 is 0 Å². The summed E-state index contributed by atoms with van der Waals surface area (Å²) >= 11 is 0. The predicted molar refractivity (Wildman–Crippen MR) is 34.3 cm³/mol. The van der Waals surface area contributed by atoms with Gasteiger partial charge in [0.25, 0.3) is 0 Å². The Hall–Kier alpha value is -0.790. The first-order chi connectivity index (χ1) is 4.84. The summed E-state index contributed by atoms with van der Waals surface area (Å²) in [5.74, 6) is 2.84. The fraction of sp³-hybridized carbons (Fsp3) is 0.625. The minimum Gasteiger partial charge on any atom is -0.515 e. The zero-order chi connectivity index (χ0) is 6.88. The van der Waals surface area contributed by atoms with Crippen molar-refractivity contribution in [1.82, 2.24) is 0 Å². The predicted octanol–water partition coefficient (Wildman–Crippen LogP) is 0.893. The van der Waals surface area contributed by atoms with Crippen LogP contribution in [0.4, 0.5) is 0 Å². The Morgan fingerprint density at radius 2 is 2.20 bits per heavy atom. The van der Waals surface area contributed by atoms with E-state index in [1.165, 1.54) is 0 Å². The standard InChI is InChI=1S/C8H8O2/c9-2-3-1-4-5-6(4)7(5)8(3)10/h2,4-7,9H,1H2/b3-2-/t4?,5-,6+,7?. The lowest BCUT2D eigenvalue weighted by atomic mass is 9.84. The largest absolute Gasteiger partial charge is 0.515 e. The molecule has 2 heteroatoms.